The summed E-state index contributed by atoms with van der Waals surface area (Å²) >= 11 is 0. The lowest BCUT2D eigenvalue weighted by Crippen LogP contribution is -2.11. The summed E-state index contributed by atoms with van der Waals surface area (Å²) in [5.74, 6) is 0. The van der Waals surface area contributed by atoms with Gasteiger partial charge in [-0.2, -0.15) is 0 Å². The Bertz CT molecular complexity index is 532. The van der Waals surface area contributed by atoms with E-state index < -0.39 is 0 Å². The Kier molecular flexibility index (Phi) is 3.94. The second-order valence-corrected chi connectivity index (χ2v) is 6.17. The fourth-order valence-electron chi connectivity index (χ4n) is 2.08. The molecule has 1 heteroatoms. The number of rotatable bonds is 3. The van der Waals surface area contributed by atoms with Crippen molar-refractivity contribution < 1.29 is 0 Å². The van der Waals surface area contributed by atoms with Crippen LogP contribution in [0.2, 0.25) is 0 Å². The van der Waals surface area contributed by atoms with E-state index in [4.69, 9.17) is 0 Å². The highest BCUT2D eigenvalue weighted by atomic mass is 14.9. The molecule has 0 atom stereocenters. The Balaban J connectivity index is 2.01. The zero-order valence-electron chi connectivity index (χ0n) is 12.3. The third kappa shape index (κ3) is 3.85. The molecule has 0 amide bonds. The molecule has 2 rings (SSSR count). The van der Waals surface area contributed by atoms with E-state index >= 15 is 0 Å². The molecule has 0 saturated carbocycles. The van der Waals surface area contributed by atoms with Crippen molar-refractivity contribution >= 4 is 5.69 Å². The van der Waals surface area contributed by atoms with Gasteiger partial charge in [-0.05, 0) is 41.2 Å². The van der Waals surface area contributed by atoms with Crippen molar-refractivity contribution in [3.8, 4) is 0 Å². The first kappa shape index (κ1) is 13.7. The third-order valence-corrected chi connectivity index (χ3v) is 3.33. The molecule has 0 aliphatic heterocycles. The van der Waals surface area contributed by atoms with Crippen LogP contribution in [0.5, 0.6) is 0 Å². The molecule has 0 fully saturated rings. The average Bonchev–Trinajstić information content (AvgIpc) is 2.36. The SMILES string of the molecule is Cc1cccc(NCc2ccc(C(C)(C)C)cc2)c1. The molecule has 2 aromatic rings. The number of hydrogen-bond acceptors (Lipinski definition) is 1. The van der Waals surface area contributed by atoms with E-state index in [2.05, 4.69) is 81.5 Å². The summed E-state index contributed by atoms with van der Waals surface area (Å²) in [6.07, 6.45) is 0. The van der Waals surface area contributed by atoms with Crippen molar-refractivity contribution in [2.45, 2.75) is 39.7 Å². The van der Waals surface area contributed by atoms with E-state index in [1.54, 1.807) is 0 Å². The van der Waals surface area contributed by atoms with Crippen LogP contribution in [0.1, 0.15) is 37.5 Å². The molecule has 1 N–H and O–H groups in total. The van der Waals surface area contributed by atoms with Crippen molar-refractivity contribution in [1.29, 1.82) is 0 Å². The van der Waals surface area contributed by atoms with Crippen molar-refractivity contribution in [1.82, 2.24) is 0 Å². The first-order valence-corrected chi connectivity index (χ1v) is 6.85. The van der Waals surface area contributed by atoms with Gasteiger partial charge in [-0.1, -0.05) is 57.2 Å². The highest BCUT2D eigenvalue weighted by Crippen LogP contribution is 2.22. The van der Waals surface area contributed by atoms with E-state index in [0.717, 1.165) is 6.54 Å². The van der Waals surface area contributed by atoms with Gasteiger partial charge in [-0.15, -0.1) is 0 Å². The summed E-state index contributed by atoms with van der Waals surface area (Å²) in [5.41, 5.74) is 5.39. The van der Waals surface area contributed by atoms with Gasteiger partial charge in [0.2, 0.25) is 0 Å². The molecule has 1 nitrogen and oxygen atoms in total. The van der Waals surface area contributed by atoms with E-state index in [1.807, 2.05) is 0 Å². The predicted octanol–water partition coefficient (Wildman–Crippen LogP) is 4.90. The van der Waals surface area contributed by atoms with Crippen LogP contribution in [0.4, 0.5) is 5.69 Å². The molecule has 0 aliphatic carbocycles. The van der Waals surface area contributed by atoms with Gasteiger partial charge in [0.1, 0.15) is 0 Å². The van der Waals surface area contributed by atoms with E-state index in [-0.39, 0.29) is 5.41 Å². The number of nitrogens with one attached hydrogen (secondary N) is 1. The third-order valence-electron chi connectivity index (χ3n) is 3.33. The normalized spacial score (nSPS) is 11.4. The Labute approximate surface area is 116 Å². The minimum Gasteiger partial charge on any atom is -0.381 e. The maximum Gasteiger partial charge on any atom is 0.0400 e. The van der Waals surface area contributed by atoms with Gasteiger partial charge in [0.25, 0.3) is 0 Å². The van der Waals surface area contributed by atoms with Crippen LogP contribution < -0.4 is 5.32 Å². The Morgan fingerprint density at radius 1 is 0.947 bits per heavy atom. The van der Waals surface area contributed by atoms with Gasteiger partial charge in [0.15, 0.2) is 0 Å². The first-order valence-electron chi connectivity index (χ1n) is 6.85. The van der Waals surface area contributed by atoms with Crippen LogP contribution in [-0.2, 0) is 12.0 Å². The van der Waals surface area contributed by atoms with Crippen LogP contribution in [0.25, 0.3) is 0 Å². The Morgan fingerprint density at radius 3 is 2.21 bits per heavy atom. The zero-order valence-corrected chi connectivity index (χ0v) is 12.3. The summed E-state index contributed by atoms with van der Waals surface area (Å²) < 4.78 is 0. The lowest BCUT2D eigenvalue weighted by Gasteiger charge is -2.19. The van der Waals surface area contributed by atoms with Gasteiger partial charge in [-0.25, -0.2) is 0 Å². The molecule has 100 valence electrons. The average molecular weight is 253 g/mol. The number of anilines is 1. The second kappa shape index (κ2) is 5.48. The molecule has 0 aromatic heterocycles. The maximum absolute atomic E-state index is 3.46. The molecule has 19 heavy (non-hydrogen) atoms. The smallest absolute Gasteiger partial charge is 0.0400 e. The summed E-state index contributed by atoms with van der Waals surface area (Å²) in [6.45, 7) is 9.71. The molecular weight excluding hydrogens is 230 g/mol. The minimum atomic E-state index is 0.225. The quantitative estimate of drug-likeness (QED) is 0.820. The Hall–Kier alpha value is -1.76. The second-order valence-electron chi connectivity index (χ2n) is 6.17. The topological polar surface area (TPSA) is 12.0 Å². The van der Waals surface area contributed by atoms with Gasteiger partial charge >= 0.3 is 0 Å². The summed E-state index contributed by atoms with van der Waals surface area (Å²) in [7, 11) is 0. The first-order chi connectivity index (χ1) is 8.95. The fourth-order valence-corrected chi connectivity index (χ4v) is 2.08. The van der Waals surface area contributed by atoms with Crippen LogP contribution in [0.15, 0.2) is 48.5 Å². The summed E-state index contributed by atoms with van der Waals surface area (Å²) in [4.78, 5) is 0. The minimum absolute atomic E-state index is 0.225. The largest absolute Gasteiger partial charge is 0.381 e. The molecule has 2 aromatic carbocycles. The van der Waals surface area contributed by atoms with Gasteiger partial charge in [0.05, 0.1) is 0 Å². The fraction of sp³-hybridized carbons (Fsp3) is 0.333. The van der Waals surface area contributed by atoms with Crippen LogP contribution in [0, 0.1) is 6.92 Å². The zero-order chi connectivity index (χ0) is 13.9. The highest BCUT2D eigenvalue weighted by Gasteiger charge is 2.12. The van der Waals surface area contributed by atoms with Gasteiger partial charge < -0.3 is 5.32 Å². The molecule has 0 saturated heterocycles. The summed E-state index contributed by atoms with van der Waals surface area (Å²) in [5, 5.41) is 3.46. The molecule has 0 spiro atoms. The molecule has 0 unspecified atom stereocenters. The lowest BCUT2D eigenvalue weighted by atomic mass is 9.87. The van der Waals surface area contributed by atoms with E-state index in [1.165, 1.54) is 22.4 Å². The van der Waals surface area contributed by atoms with E-state index in [9.17, 15) is 0 Å². The van der Waals surface area contributed by atoms with Crippen molar-refractivity contribution in [3.63, 3.8) is 0 Å². The van der Waals surface area contributed by atoms with Gasteiger partial charge in [-0.3, -0.25) is 0 Å². The monoisotopic (exact) mass is 253 g/mol. The molecular formula is C18H23N. The number of hydrogen-bond donors (Lipinski definition) is 1. The van der Waals surface area contributed by atoms with E-state index in [0.29, 0.717) is 0 Å². The number of aryl methyl sites for hydroxylation is 1. The van der Waals surface area contributed by atoms with Crippen molar-refractivity contribution in [2.75, 3.05) is 5.32 Å². The molecule has 0 bridgehead atoms. The Morgan fingerprint density at radius 2 is 1.63 bits per heavy atom. The highest BCUT2D eigenvalue weighted by molar-refractivity contribution is 5.46. The maximum atomic E-state index is 3.46. The van der Waals surface area contributed by atoms with Crippen LogP contribution in [-0.4, -0.2) is 0 Å². The lowest BCUT2D eigenvalue weighted by molar-refractivity contribution is 0.590. The van der Waals surface area contributed by atoms with Crippen molar-refractivity contribution in [3.05, 3.63) is 65.2 Å². The number of benzene rings is 2. The molecule has 0 aliphatic rings. The van der Waals surface area contributed by atoms with Crippen LogP contribution >= 0.6 is 0 Å². The standard InChI is InChI=1S/C18H23N/c1-14-6-5-7-17(12-14)19-13-15-8-10-16(11-9-15)18(2,3)4/h5-12,19H,13H2,1-4H3. The molecule has 0 heterocycles. The summed E-state index contributed by atoms with van der Waals surface area (Å²) in [6, 6.07) is 17.4. The van der Waals surface area contributed by atoms with Crippen molar-refractivity contribution in [2.24, 2.45) is 0 Å². The van der Waals surface area contributed by atoms with Crippen LogP contribution in [0.3, 0.4) is 0 Å². The molecule has 0 radical (unpaired) electrons. The van der Waals surface area contributed by atoms with Gasteiger partial charge in [0, 0.05) is 12.2 Å². The predicted molar refractivity (Wildman–Crippen MR) is 83.6 cm³/mol.